The van der Waals surface area contributed by atoms with Crippen molar-refractivity contribution in [2.24, 2.45) is 5.41 Å². The highest BCUT2D eigenvalue weighted by Crippen LogP contribution is 2.49. The van der Waals surface area contributed by atoms with E-state index in [-0.39, 0.29) is 28.9 Å². The van der Waals surface area contributed by atoms with Crippen LogP contribution < -0.4 is 15.0 Å². The Kier molecular flexibility index (Phi) is 5.72. The number of hydrogen-bond acceptors (Lipinski definition) is 4. The minimum atomic E-state index is -5.13. The summed E-state index contributed by atoms with van der Waals surface area (Å²) in [6, 6.07) is 11.6. The molecule has 0 fully saturated rings. The van der Waals surface area contributed by atoms with Gasteiger partial charge in [0.2, 0.25) is 0 Å². The molecule has 1 atom stereocenters. The lowest BCUT2D eigenvalue weighted by Gasteiger charge is -2.37. The molecule has 5 nitrogen and oxygen atoms in total. The number of carbonyl (C=O) groups is 2. The Balaban J connectivity index is 1.98. The van der Waals surface area contributed by atoms with E-state index in [9.17, 15) is 22.8 Å². The molecule has 1 heterocycles. The minimum Gasteiger partial charge on any atom is -0.494 e. The largest absolute Gasteiger partial charge is 0.494 e. The second kappa shape index (κ2) is 8.24. The molecular formula is C25H25F3N2O3. The first-order valence-corrected chi connectivity index (χ1v) is 10.8. The molecule has 8 heteroatoms. The molecular weight excluding hydrogens is 433 g/mol. The standard InChI is InChI=1S/C25H25F3N2O3/c1-4-33-16-11-9-15(10-12-16)22-21-18(13-24(2,3)14-20(21)31)29-17-7-5-6-8-19(17)30(22)23(32)25(26,27)28/h5-12,22,29H,4,13-14H2,1-3H3/t22-/m1/s1. The Morgan fingerprint density at radius 2 is 1.79 bits per heavy atom. The van der Waals surface area contributed by atoms with Crippen molar-refractivity contribution in [3.05, 3.63) is 65.4 Å². The van der Waals surface area contributed by atoms with Gasteiger partial charge in [0.05, 0.1) is 24.0 Å². The smallest absolute Gasteiger partial charge is 0.471 e. The molecule has 4 rings (SSSR count). The number of halogens is 3. The molecule has 1 amide bonds. The van der Waals surface area contributed by atoms with Gasteiger partial charge in [-0.1, -0.05) is 38.1 Å². The van der Waals surface area contributed by atoms with Gasteiger partial charge in [0.1, 0.15) is 5.75 Å². The fourth-order valence-electron chi connectivity index (χ4n) is 4.58. The third kappa shape index (κ3) is 4.34. The first kappa shape index (κ1) is 22.9. The number of Topliss-reactive ketones (excluding diaryl/α,β-unsaturated/α-hetero) is 1. The number of allylic oxidation sites excluding steroid dienone is 1. The Bertz CT molecular complexity index is 1120. The summed E-state index contributed by atoms with van der Waals surface area (Å²) in [5.74, 6) is -1.75. The predicted octanol–water partition coefficient (Wildman–Crippen LogP) is 5.79. The fraction of sp³-hybridized carbons (Fsp3) is 0.360. The molecule has 1 aliphatic carbocycles. The molecule has 174 valence electrons. The maximum absolute atomic E-state index is 13.8. The number of nitrogens with one attached hydrogen (secondary N) is 1. The van der Waals surface area contributed by atoms with E-state index in [1.54, 1.807) is 42.5 Å². The van der Waals surface area contributed by atoms with Gasteiger partial charge < -0.3 is 10.1 Å². The summed E-state index contributed by atoms with van der Waals surface area (Å²) in [6.07, 6.45) is -4.49. The van der Waals surface area contributed by atoms with E-state index in [0.717, 1.165) is 0 Å². The average Bonchev–Trinajstić information content (AvgIpc) is 2.86. The molecule has 0 unspecified atom stereocenters. The topological polar surface area (TPSA) is 58.6 Å². The monoisotopic (exact) mass is 458 g/mol. The van der Waals surface area contributed by atoms with E-state index in [4.69, 9.17) is 4.74 Å². The van der Waals surface area contributed by atoms with E-state index in [1.165, 1.54) is 6.07 Å². The number of rotatable bonds is 3. The van der Waals surface area contributed by atoms with Crippen molar-refractivity contribution >= 4 is 23.1 Å². The van der Waals surface area contributed by atoms with Crippen LogP contribution in [0.25, 0.3) is 0 Å². The molecule has 0 radical (unpaired) electrons. The number of alkyl halides is 3. The summed E-state index contributed by atoms with van der Waals surface area (Å²) >= 11 is 0. The highest BCUT2D eigenvalue weighted by molar-refractivity contribution is 6.07. The van der Waals surface area contributed by atoms with Crippen molar-refractivity contribution in [2.75, 3.05) is 16.8 Å². The first-order chi connectivity index (χ1) is 15.5. The molecule has 33 heavy (non-hydrogen) atoms. The molecule has 0 saturated carbocycles. The lowest BCUT2D eigenvalue weighted by molar-refractivity contribution is -0.170. The van der Waals surface area contributed by atoms with Crippen LogP contribution in [-0.4, -0.2) is 24.5 Å². The molecule has 2 aliphatic rings. The SMILES string of the molecule is CCOc1ccc([C@@H]2C3=C(CC(C)(C)CC3=O)Nc3ccccc3N2C(=O)C(F)(F)F)cc1. The Labute approximate surface area is 190 Å². The van der Waals surface area contributed by atoms with Crippen LogP contribution in [0, 0.1) is 5.41 Å². The second-order valence-corrected chi connectivity index (χ2v) is 9.05. The van der Waals surface area contributed by atoms with Crippen LogP contribution in [0.2, 0.25) is 0 Å². The Hall–Kier alpha value is -3.29. The summed E-state index contributed by atoms with van der Waals surface area (Å²) in [5, 5.41) is 3.19. The van der Waals surface area contributed by atoms with Crippen LogP contribution in [0.5, 0.6) is 5.75 Å². The summed E-state index contributed by atoms with van der Waals surface area (Å²) in [6.45, 7) is 6.14. The highest BCUT2D eigenvalue weighted by Gasteiger charge is 2.50. The van der Waals surface area contributed by atoms with Crippen LogP contribution in [-0.2, 0) is 9.59 Å². The van der Waals surface area contributed by atoms with Crippen LogP contribution in [0.4, 0.5) is 24.5 Å². The molecule has 0 aromatic heterocycles. The van der Waals surface area contributed by atoms with E-state index >= 15 is 0 Å². The van der Waals surface area contributed by atoms with Gasteiger partial charge in [-0.05, 0) is 48.6 Å². The van der Waals surface area contributed by atoms with Crippen molar-refractivity contribution in [3.8, 4) is 5.75 Å². The van der Waals surface area contributed by atoms with Gasteiger partial charge in [0.15, 0.2) is 5.78 Å². The van der Waals surface area contributed by atoms with Gasteiger partial charge in [0, 0.05) is 17.7 Å². The van der Waals surface area contributed by atoms with Crippen LogP contribution in [0.1, 0.15) is 45.2 Å². The number of carbonyl (C=O) groups excluding carboxylic acids is 2. The molecule has 0 saturated heterocycles. The number of ether oxygens (including phenoxy) is 1. The van der Waals surface area contributed by atoms with Gasteiger partial charge in [-0.3, -0.25) is 14.5 Å². The summed E-state index contributed by atoms with van der Waals surface area (Å²) < 4.78 is 46.9. The third-order valence-electron chi connectivity index (χ3n) is 5.87. The number of fused-ring (bicyclic) bond motifs is 1. The summed E-state index contributed by atoms with van der Waals surface area (Å²) in [4.78, 5) is 26.9. The Morgan fingerprint density at radius 3 is 2.42 bits per heavy atom. The lowest BCUT2D eigenvalue weighted by Crippen LogP contribution is -2.45. The maximum Gasteiger partial charge on any atom is 0.471 e. The summed E-state index contributed by atoms with van der Waals surface area (Å²) in [5.41, 5.74) is 1.17. The van der Waals surface area contributed by atoms with Crippen molar-refractivity contribution in [2.45, 2.75) is 45.8 Å². The number of anilines is 2. The first-order valence-electron chi connectivity index (χ1n) is 10.8. The van der Waals surface area contributed by atoms with E-state index in [1.807, 2.05) is 20.8 Å². The van der Waals surface area contributed by atoms with E-state index < -0.39 is 18.1 Å². The predicted molar refractivity (Wildman–Crippen MR) is 119 cm³/mol. The van der Waals surface area contributed by atoms with E-state index in [2.05, 4.69) is 5.32 Å². The molecule has 1 N–H and O–H groups in total. The van der Waals surface area contributed by atoms with Gasteiger partial charge in [-0.2, -0.15) is 13.2 Å². The lowest BCUT2D eigenvalue weighted by atomic mass is 9.73. The van der Waals surface area contributed by atoms with Gasteiger partial charge in [-0.25, -0.2) is 0 Å². The molecule has 0 bridgehead atoms. The Morgan fingerprint density at radius 1 is 1.12 bits per heavy atom. The second-order valence-electron chi connectivity index (χ2n) is 9.05. The van der Waals surface area contributed by atoms with E-state index in [0.29, 0.717) is 40.6 Å². The zero-order valence-electron chi connectivity index (χ0n) is 18.6. The molecule has 0 spiro atoms. The highest BCUT2D eigenvalue weighted by atomic mass is 19.4. The number of ketones is 1. The maximum atomic E-state index is 13.8. The third-order valence-corrected chi connectivity index (χ3v) is 5.87. The van der Waals surface area contributed by atoms with Crippen molar-refractivity contribution in [3.63, 3.8) is 0 Å². The number of para-hydroxylation sites is 2. The molecule has 2 aromatic rings. The zero-order chi connectivity index (χ0) is 24.0. The number of hydrogen-bond donors (Lipinski definition) is 1. The van der Waals surface area contributed by atoms with Crippen LogP contribution >= 0.6 is 0 Å². The van der Waals surface area contributed by atoms with Crippen molar-refractivity contribution < 1.29 is 27.5 Å². The minimum absolute atomic E-state index is 0.0683. The quantitative estimate of drug-likeness (QED) is 0.633. The number of nitrogens with zero attached hydrogens (tertiary/aromatic N) is 1. The van der Waals surface area contributed by atoms with Gasteiger partial charge in [0.25, 0.3) is 0 Å². The van der Waals surface area contributed by atoms with Gasteiger partial charge in [-0.15, -0.1) is 0 Å². The fourth-order valence-corrected chi connectivity index (χ4v) is 4.58. The molecule has 1 aliphatic heterocycles. The van der Waals surface area contributed by atoms with Crippen LogP contribution in [0.3, 0.4) is 0 Å². The van der Waals surface area contributed by atoms with Crippen molar-refractivity contribution in [1.29, 1.82) is 0 Å². The summed E-state index contributed by atoms with van der Waals surface area (Å²) in [7, 11) is 0. The van der Waals surface area contributed by atoms with Crippen molar-refractivity contribution in [1.82, 2.24) is 0 Å². The van der Waals surface area contributed by atoms with Gasteiger partial charge >= 0.3 is 12.1 Å². The zero-order valence-corrected chi connectivity index (χ0v) is 18.6. The number of amides is 1. The average molecular weight is 458 g/mol. The molecule has 2 aromatic carbocycles. The van der Waals surface area contributed by atoms with Crippen LogP contribution in [0.15, 0.2) is 59.8 Å². The normalized spacial score (nSPS) is 19.9. The number of benzene rings is 2.